The standard InChI is InChI=1S/C13H13F3N2O2/c14-13(15,16)9-4-5-10(17-7-9)6-8-2-1-3-11(8)18-12(19)20/h4-7,11,18H,1-3H2,(H,19,20)/b8-6+. The number of hydrogen-bond acceptors (Lipinski definition) is 2. The number of hydrogen-bond donors (Lipinski definition) is 2. The molecule has 1 saturated carbocycles. The van der Waals surface area contributed by atoms with Crippen LogP contribution < -0.4 is 5.32 Å². The van der Waals surface area contributed by atoms with E-state index in [-0.39, 0.29) is 6.04 Å². The van der Waals surface area contributed by atoms with Crippen LogP contribution in [0.4, 0.5) is 18.0 Å². The zero-order chi connectivity index (χ0) is 14.8. The van der Waals surface area contributed by atoms with E-state index in [1.54, 1.807) is 6.08 Å². The lowest BCUT2D eigenvalue weighted by atomic mass is 10.1. The summed E-state index contributed by atoms with van der Waals surface area (Å²) in [5.74, 6) is 0. The molecule has 1 aromatic rings. The third-order valence-corrected chi connectivity index (χ3v) is 3.15. The van der Waals surface area contributed by atoms with Gasteiger partial charge in [0.25, 0.3) is 0 Å². The molecule has 2 rings (SSSR count). The Balaban J connectivity index is 2.15. The lowest BCUT2D eigenvalue weighted by Crippen LogP contribution is -2.32. The smallest absolute Gasteiger partial charge is 0.417 e. The van der Waals surface area contributed by atoms with Crippen LogP contribution in [0.1, 0.15) is 30.5 Å². The van der Waals surface area contributed by atoms with Gasteiger partial charge in [0.15, 0.2) is 0 Å². The normalized spacial score (nSPS) is 21.1. The zero-order valence-electron chi connectivity index (χ0n) is 10.4. The van der Waals surface area contributed by atoms with Crippen LogP contribution in [0.15, 0.2) is 23.9 Å². The molecule has 1 fully saturated rings. The summed E-state index contributed by atoms with van der Waals surface area (Å²) in [7, 11) is 0. The Kier molecular flexibility index (Phi) is 3.96. The van der Waals surface area contributed by atoms with E-state index >= 15 is 0 Å². The molecular formula is C13H13F3N2O2. The first-order valence-electron chi connectivity index (χ1n) is 6.09. The zero-order valence-corrected chi connectivity index (χ0v) is 10.4. The first kappa shape index (κ1) is 14.4. The van der Waals surface area contributed by atoms with Crippen molar-refractivity contribution in [1.29, 1.82) is 0 Å². The number of pyridine rings is 1. The third-order valence-electron chi connectivity index (χ3n) is 3.15. The van der Waals surface area contributed by atoms with Gasteiger partial charge in [-0.15, -0.1) is 0 Å². The lowest BCUT2D eigenvalue weighted by Gasteiger charge is -2.12. The molecule has 0 bridgehead atoms. The minimum Gasteiger partial charge on any atom is -0.465 e. The van der Waals surface area contributed by atoms with Crippen molar-refractivity contribution in [3.05, 3.63) is 35.2 Å². The van der Waals surface area contributed by atoms with Crippen LogP contribution in [0.2, 0.25) is 0 Å². The van der Waals surface area contributed by atoms with E-state index in [9.17, 15) is 18.0 Å². The SMILES string of the molecule is O=C(O)NC1CCC/C1=C\c1ccc(C(F)(F)F)cn1. The third kappa shape index (κ3) is 3.49. The van der Waals surface area contributed by atoms with E-state index in [0.29, 0.717) is 18.5 Å². The number of aromatic nitrogens is 1. The molecule has 0 saturated heterocycles. The molecule has 2 N–H and O–H groups in total. The van der Waals surface area contributed by atoms with Crippen molar-refractivity contribution >= 4 is 12.2 Å². The van der Waals surface area contributed by atoms with Crippen LogP contribution in [0.5, 0.6) is 0 Å². The number of alkyl halides is 3. The Morgan fingerprint density at radius 2 is 2.20 bits per heavy atom. The average molecular weight is 286 g/mol. The quantitative estimate of drug-likeness (QED) is 0.876. The van der Waals surface area contributed by atoms with E-state index in [4.69, 9.17) is 5.11 Å². The van der Waals surface area contributed by atoms with Gasteiger partial charge >= 0.3 is 12.3 Å². The molecule has 0 spiro atoms. The van der Waals surface area contributed by atoms with Gasteiger partial charge in [-0.25, -0.2) is 4.79 Å². The van der Waals surface area contributed by atoms with Crippen molar-refractivity contribution in [2.45, 2.75) is 31.5 Å². The maximum absolute atomic E-state index is 12.4. The highest BCUT2D eigenvalue weighted by molar-refractivity contribution is 5.66. The molecule has 0 aromatic carbocycles. The molecule has 20 heavy (non-hydrogen) atoms. The molecule has 4 nitrogen and oxygen atoms in total. The van der Waals surface area contributed by atoms with Crippen LogP contribution in [0.3, 0.4) is 0 Å². The summed E-state index contributed by atoms with van der Waals surface area (Å²) in [5.41, 5.74) is 0.443. The van der Waals surface area contributed by atoms with E-state index in [2.05, 4.69) is 10.3 Å². The average Bonchev–Trinajstić information content (AvgIpc) is 2.75. The van der Waals surface area contributed by atoms with E-state index < -0.39 is 17.8 Å². The number of carbonyl (C=O) groups is 1. The second-order valence-electron chi connectivity index (χ2n) is 4.58. The number of rotatable bonds is 2. The van der Waals surface area contributed by atoms with Gasteiger partial charge in [-0.1, -0.05) is 0 Å². The van der Waals surface area contributed by atoms with Gasteiger partial charge in [0.1, 0.15) is 0 Å². The Bertz CT molecular complexity index is 523. The highest BCUT2D eigenvalue weighted by Crippen LogP contribution is 2.30. The fourth-order valence-corrected chi connectivity index (χ4v) is 2.20. The summed E-state index contributed by atoms with van der Waals surface area (Å²) < 4.78 is 37.2. The molecule has 0 aliphatic heterocycles. The maximum Gasteiger partial charge on any atom is 0.417 e. The summed E-state index contributed by atoms with van der Waals surface area (Å²) in [6, 6.07) is 1.97. The predicted molar refractivity (Wildman–Crippen MR) is 66.0 cm³/mol. The van der Waals surface area contributed by atoms with Crippen LogP contribution in [0.25, 0.3) is 6.08 Å². The Morgan fingerprint density at radius 1 is 1.45 bits per heavy atom. The predicted octanol–water partition coefficient (Wildman–Crippen LogP) is 3.30. The number of halogens is 3. The van der Waals surface area contributed by atoms with Gasteiger partial charge in [0, 0.05) is 6.20 Å². The fourth-order valence-electron chi connectivity index (χ4n) is 2.20. The topological polar surface area (TPSA) is 62.2 Å². The molecule has 0 radical (unpaired) electrons. The van der Waals surface area contributed by atoms with Gasteiger partial charge in [-0.05, 0) is 43.0 Å². The highest BCUT2D eigenvalue weighted by Gasteiger charge is 2.30. The first-order valence-corrected chi connectivity index (χ1v) is 6.09. The second kappa shape index (κ2) is 5.52. The van der Waals surface area contributed by atoms with Gasteiger partial charge < -0.3 is 10.4 Å². The lowest BCUT2D eigenvalue weighted by molar-refractivity contribution is -0.137. The van der Waals surface area contributed by atoms with Crippen molar-refractivity contribution in [2.75, 3.05) is 0 Å². The molecule has 1 aliphatic carbocycles. The summed E-state index contributed by atoms with van der Waals surface area (Å²) in [4.78, 5) is 14.4. The van der Waals surface area contributed by atoms with Crippen LogP contribution in [0, 0.1) is 0 Å². The van der Waals surface area contributed by atoms with Crippen LogP contribution >= 0.6 is 0 Å². The van der Waals surface area contributed by atoms with Crippen molar-refractivity contribution < 1.29 is 23.1 Å². The van der Waals surface area contributed by atoms with E-state index in [0.717, 1.165) is 24.3 Å². The van der Waals surface area contributed by atoms with Gasteiger partial charge in [-0.2, -0.15) is 13.2 Å². The van der Waals surface area contributed by atoms with Gasteiger partial charge in [-0.3, -0.25) is 4.98 Å². The van der Waals surface area contributed by atoms with Crippen molar-refractivity contribution in [3.63, 3.8) is 0 Å². The van der Waals surface area contributed by atoms with E-state index in [1.165, 1.54) is 6.07 Å². The number of amides is 1. The summed E-state index contributed by atoms with van der Waals surface area (Å²) in [5, 5.41) is 11.1. The molecule has 1 amide bonds. The highest BCUT2D eigenvalue weighted by atomic mass is 19.4. The van der Waals surface area contributed by atoms with Crippen molar-refractivity contribution in [1.82, 2.24) is 10.3 Å². The molecule has 108 valence electrons. The maximum atomic E-state index is 12.4. The molecule has 1 unspecified atom stereocenters. The summed E-state index contributed by atoms with van der Waals surface area (Å²) >= 11 is 0. The fraction of sp³-hybridized carbons (Fsp3) is 0.385. The summed E-state index contributed by atoms with van der Waals surface area (Å²) in [6.45, 7) is 0. The molecule has 7 heteroatoms. The molecule has 1 aromatic heterocycles. The van der Waals surface area contributed by atoms with E-state index in [1.807, 2.05) is 0 Å². The molecule has 1 aliphatic rings. The second-order valence-corrected chi connectivity index (χ2v) is 4.58. The molecular weight excluding hydrogens is 273 g/mol. The van der Waals surface area contributed by atoms with Crippen molar-refractivity contribution in [3.8, 4) is 0 Å². The first-order chi connectivity index (χ1) is 9.36. The van der Waals surface area contributed by atoms with Crippen LogP contribution in [-0.2, 0) is 6.18 Å². The molecule has 1 heterocycles. The summed E-state index contributed by atoms with van der Waals surface area (Å²) in [6.07, 6.45) is -0.832. The minimum atomic E-state index is -4.40. The number of nitrogens with one attached hydrogen (secondary N) is 1. The monoisotopic (exact) mass is 286 g/mol. The largest absolute Gasteiger partial charge is 0.465 e. The molecule has 1 atom stereocenters. The number of carboxylic acid groups (broad SMARTS) is 1. The van der Waals surface area contributed by atoms with Crippen molar-refractivity contribution in [2.24, 2.45) is 0 Å². The van der Waals surface area contributed by atoms with Gasteiger partial charge in [0.05, 0.1) is 17.3 Å². The number of nitrogens with zero attached hydrogens (tertiary/aromatic N) is 1. The van der Waals surface area contributed by atoms with Crippen LogP contribution in [-0.4, -0.2) is 22.2 Å². The minimum absolute atomic E-state index is 0.281. The Morgan fingerprint density at radius 3 is 2.75 bits per heavy atom. The Labute approximate surface area is 113 Å². The van der Waals surface area contributed by atoms with Gasteiger partial charge in [0.2, 0.25) is 0 Å². The Hall–Kier alpha value is -2.05.